The van der Waals surface area contributed by atoms with E-state index in [4.69, 9.17) is 18.9 Å². The first kappa shape index (κ1) is 35.9. The largest absolute Gasteiger partial charge is 0.493 e. The molecule has 9 nitrogen and oxygen atoms in total. The summed E-state index contributed by atoms with van der Waals surface area (Å²) in [6.07, 6.45) is 21.6. The van der Waals surface area contributed by atoms with Crippen LogP contribution in [0.3, 0.4) is 0 Å². The Morgan fingerprint density at radius 1 is 0.857 bits per heavy atom. The summed E-state index contributed by atoms with van der Waals surface area (Å²) < 4.78 is 23.3. The van der Waals surface area contributed by atoms with E-state index in [9.17, 15) is 9.59 Å². The molecule has 5 rings (SSSR count). The lowest BCUT2D eigenvalue weighted by Gasteiger charge is -2.39. The van der Waals surface area contributed by atoms with Gasteiger partial charge in [0.1, 0.15) is 12.1 Å². The summed E-state index contributed by atoms with van der Waals surface area (Å²) in [6, 6.07) is 11.2. The highest BCUT2D eigenvalue weighted by molar-refractivity contribution is 5.90. The molecule has 1 saturated heterocycles. The van der Waals surface area contributed by atoms with Gasteiger partial charge in [-0.2, -0.15) is 0 Å². The summed E-state index contributed by atoms with van der Waals surface area (Å²) in [5.41, 5.74) is 3.13. The normalized spacial score (nSPS) is 18.2. The van der Waals surface area contributed by atoms with Gasteiger partial charge in [0.2, 0.25) is 11.7 Å². The molecular weight excluding hydrogens is 618 g/mol. The summed E-state index contributed by atoms with van der Waals surface area (Å²) in [7, 11) is 4.74. The van der Waals surface area contributed by atoms with Crippen molar-refractivity contribution in [2.75, 3.05) is 27.9 Å². The van der Waals surface area contributed by atoms with Crippen LogP contribution >= 0.6 is 0 Å². The molecule has 1 unspecified atom stereocenters. The van der Waals surface area contributed by atoms with E-state index in [1.165, 1.54) is 11.1 Å². The van der Waals surface area contributed by atoms with Crippen LogP contribution in [0.15, 0.2) is 73.3 Å². The van der Waals surface area contributed by atoms with Crippen molar-refractivity contribution in [2.24, 2.45) is 5.92 Å². The van der Waals surface area contributed by atoms with Crippen LogP contribution in [0, 0.1) is 5.92 Å². The minimum absolute atomic E-state index is 0.0182. The molecule has 262 valence electrons. The van der Waals surface area contributed by atoms with Gasteiger partial charge in [-0.25, -0.2) is 4.79 Å². The molecule has 0 N–H and O–H groups in total. The van der Waals surface area contributed by atoms with Gasteiger partial charge in [-0.15, -0.1) is 0 Å². The number of hydrogen-bond acceptors (Lipinski definition) is 8. The monoisotopic (exact) mass is 669 g/mol. The number of carbonyl (C=O) groups is 2. The lowest BCUT2D eigenvalue weighted by atomic mass is 9.78. The maximum atomic E-state index is 14.8. The van der Waals surface area contributed by atoms with Crippen molar-refractivity contribution in [3.63, 3.8) is 0 Å². The molecule has 0 bridgehead atoms. The smallest absolute Gasteiger partial charge is 0.329 e. The van der Waals surface area contributed by atoms with Crippen LogP contribution in [-0.4, -0.2) is 66.8 Å². The Labute approximate surface area is 291 Å². The van der Waals surface area contributed by atoms with E-state index in [1.807, 2.05) is 36.7 Å². The second kappa shape index (κ2) is 18.4. The minimum atomic E-state index is -0.627. The molecular formula is C40H51N3O6. The highest BCUT2D eigenvalue weighted by Gasteiger charge is 2.40. The molecule has 2 aromatic heterocycles. The zero-order valence-corrected chi connectivity index (χ0v) is 29.2. The SMILES string of the molecule is COc1cc([C@@H](C(=O)N2CCCCC2C(=O)OC(CCCc2cccnc2)CCCc2cccnc2)[C@@H]2C=CCCC2)cc(OC)c1OC. The molecule has 3 atom stereocenters. The highest BCUT2D eigenvalue weighted by atomic mass is 16.5. The van der Waals surface area contributed by atoms with E-state index in [-0.39, 0.29) is 23.9 Å². The predicted octanol–water partition coefficient (Wildman–Crippen LogP) is 7.28. The first-order valence-electron chi connectivity index (χ1n) is 17.8. The molecule has 2 aliphatic rings. The topological polar surface area (TPSA) is 100 Å². The third-order valence-corrected chi connectivity index (χ3v) is 9.80. The molecule has 3 aromatic rings. The van der Waals surface area contributed by atoms with E-state index in [1.54, 1.807) is 38.6 Å². The molecule has 1 amide bonds. The number of rotatable bonds is 16. The van der Waals surface area contributed by atoms with Gasteiger partial charge >= 0.3 is 5.97 Å². The van der Waals surface area contributed by atoms with Gasteiger partial charge in [0.15, 0.2) is 11.5 Å². The summed E-state index contributed by atoms with van der Waals surface area (Å²) in [6.45, 7) is 0.517. The Morgan fingerprint density at radius 2 is 1.51 bits per heavy atom. The average Bonchev–Trinajstić information content (AvgIpc) is 3.15. The maximum Gasteiger partial charge on any atom is 0.329 e. The number of aromatic nitrogens is 2. The Morgan fingerprint density at radius 3 is 2.04 bits per heavy atom. The number of likely N-dealkylation sites (tertiary alicyclic amines) is 1. The second-order valence-electron chi connectivity index (χ2n) is 13.1. The molecule has 49 heavy (non-hydrogen) atoms. The van der Waals surface area contributed by atoms with Crippen molar-refractivity contribution in [2.45, 2.75) is 95.1 Å². The Hall–Kier alpha value is -4.40. The number of piperidine rings is 1. The molecule has 9 heteroatoms. The number of hydrogen-bond donors (Lipinski definition) is 0. The van der Waals surface area contributed by atoms with Gasteiger partial charge < -0.3 is 23.8 Å². The first-order valence-corrected chi connectivity index (χ1v) is 17.8. The average molecular weight is 670 g/mol. The number of pyridine rings is 2. The lowest BCUT2D eigenvalue weighted by Crippen LogP contribution is -2.51. The standard InChI is InChI=1S/C40H51N3O6/c1-46-35-25-32(26-36(47-2)38(35)48-3)37(31-17-5-4-6-18-31)39(44)43-24-8-7-21-34(43)40(45)49-33(19-9-13-29-15-11-22-41-27-29)20-10-14-30-16-12-23-42-28-30/h5,11-12,15-17,22-23,25-28,31,33-34,37H,4,6-10,13-14,18-21,24H2,1-3H3/t31-,34?,37+/m1/s1. The van der Waals surface area contributed by atoms with Crippen molar-refractivity contribution >= 4 is 11.9 Å². The van der Waals surface area contributed by atoms with Crippen LogP contribution in [-0.2, 0) is 27.2 Å². The van der Waals surface area contributed by atoms with Crippen molar-refractivity contribution in [3.05, 3.63) is 90.0 Å². The number of aryl methyl sites for hydroxylation is 2. The zero-order valence-electron chi connectivity index (χ0n) is 29.2. The number of ether oxygens (including phenoxy) is 4. The summed E-state index contributed by atoms with van der Waals surface area (Å²) in [5, 5.41) is 0. The molecule has 1 aromatic carbocycles. The number of amides is 1. The molecule has 0 radical (unpaired) electrons. The van der Waals surface area contributed by atoms with Crippen molar-refractivity contribution in [1.82, 2.24) is 14.9 Å². The highest BCUT2D eigenvalue weighted by Crippen LogP contribution is 2.44. The predicted molar refractivity (Wildman–Crippen MR) is 189 cm³/mol. The lowest BCUT2D eigenvalue weighted by molar-refractivity contribution is -0.162. The van der Waals surface area contributed by atoms with E-state index in [2.05, 4.69) is 34.3 Å². The number of benzene rings is 1. The maximum absolute atomic E-state index is 14.8. The van der Waals surface area contributed by atoms with Crippen molar-refractivity contribution < 1.29 is 28.5 Å². The molecule has 1 fully saturated rings. The summed E-state index contributed by atoms with van der Waals surface area (Å²) in [5.74, 6) is 0.607. The third kappa shape index (κ3) is 9.61. The van der Waals surface area contributed by atoms with Gasteiger partial charge in [-0.1, -0.05) is 24.3 Å². The van der Waals surface area contributed by atoms with Gasteiger partial charge in [0.25, 0.3) is 0 Å². The van der Waals surface area contributed by atoms with E-state index in [0.717, 1.165) is 76.2 Å². The van der Waals surface area contributed by atoms with E-state index in [0.29, 0.717) is 30.2 Å². The Balaban J connectivity index is 1.35. The number of nitrogens with zero attached hydrogens (tertiary/aromatic N) is 3. The molecule has 1 aliphatic heterocycles. The fourth-order valence-electron chi connectivity index (χ4n) is 7.25. The van der Waals surface area contributed by atoms with Gasteiger partial charge in [-0.05, 0) is 124 Å². The Kier molecular flexibility index (Phi) is 13.5. The minimum Gasteiger partial charge on any atom is -0.493 e. The summed E-state index contributed by atoms with van der Waals surface area (Å²) in [4.78, 5) is 39.2. The van der Waals surface area contributed by atoms with Crippen molar-refractivity contribution in [3.8, 4) is 17.2 Å². The number of methoxy groups -OCH3 is 3. The quantitative estimate of drug-likeness (QED) is 0.116. The van der Waals surface area contributed by atoms with Crippen LogP contribution in [0.5, 0.6) is 17.2 Å². The summed E-state index contributed by atoms with van der Waals surface area (Å²) >= 11 is 0. The van der Waals surface area contributed by atoms with Crippen LogP contribution < -0.4 is 14.2 Å². The van der Waals surface area contributed by atoms with Crippen LogP contribution in [0.4, 0.5) is 0 Å². The molecule has 0 spiro atoms. The van der Waals surface area contributed by atoms with Crippen LogP contribution in [0.2, 0.25) is 0 Å². The van der Waals surface area contributed by atoms with Gasteiger partial charge in [0.05, 0.1) is 27.2 Å². The van der Waals surface area contributed by atoms with Crippen molar-refractivity contribution in [1.29, 1.82) is 0 Å². The van der Waals surface area contributed by atoms with Gasteiger partial charge in [-0.3, -0.25) is 14.8 Å². The zero-order chi connectivity index (χ0) is 34.4. The third-order valence-electron chi connectivity index (χ3n) is 9.80. The number of esters is 1. The fourth-order valence-corrected chi connectivity index (χ4v) is 7.25. The van der Waals surface area contributed by atoms with Crippen LogP contribution in [0.1, 0.15) is 86.8 Å². The van der Waals surface area contributed by atoms with E-state index < -0.39 is 12.0 Å². The number of carbonyl (C=O) groups excluding carboxylic acids is 2. The Bertz CT molecular complexity index is 1440. The van der Waals surface area contributed by atoms with Crippen LogP contribution in [0.25, 0.3) is 0 Å². The fraction of sp³-hybridized carbons (Fsp3) is 0.500. The molecule has 3 heterocycles. The second-order valence-corrected chi connectivity index (χ2v) is 13.1. The first-order chi connectivity index (χ1) is 24.0. The van der Waals surface area contributed by atoms with E-state index >= 15 is 0 Å². The van der Waals surface area contributed by atoms with Gasteiger partial charge in [0, 0.05) is 31.3 Å². The number of allylic oxidation sites excluding steroid dienone is 2. The molecule has 0 saturated carbocycles. The molecule has 1 aliphatic carbocycles.